The van der Waals surface area contributed by atoms with E-state index in [1.807, 2.05) is 18.3 Å². The molecule has 0 radical (unpaired) electrons. The zero-order chi connectivity index (χ0) is 29.1. The summed E-state index contributed by atoms with van der Waals surface area (Å²) in [4.78, 5) is 14.5. The Labute approximate surface area is 251 Å². The number of rotatable bonds is 5. The largest absolute Gasteiger partial charge is 0.361 e. The van der Waals surface area contributed by atoms with Crippen molar-refractivity contribution in [3.63, 3.8) is 0 Å². The Morgan fingerprint density at radius 3 is 2.28 bits per heavy atom. The standard InChI is InChI=1S/C36H32N6Si/c1-26-11-9-16-32-35(26)38-36-41(32)31-19-18-30(24-33(31)42(36)34-17-7-8-20-37-34)43(3,28-13-5-4-6-14-28)29-15-10-12-27(23-29)40-22-21-39(2)25-40/h4-24H,25H2,1-3H3. The molecule has 210 valence electrons. The third kappa shape index (κ3) is 3.92. The molecule has 7 aromatic rings. The molecule has 0 aliphatic carbocycles. The summed E-state index contributed by atoms with van der Waals surface area (Å²) in [6.45, 7) is 5.46. The Morgan fingerprint density at radius 2 is 1.49 bits per heavy atom. The molecule has 0 spiro atoms. The average molecular weight is 577 g/mol. The lowest BCUT2D eigenvalue weighted by Gasteiger charge is -2.31. The zero-order valence-electron chi connectivity index (χ0n) is 24.5. The van der Waals surface area contributed by atoms with Crippen molar-refractivity contribution in [2.75, 3.05) is 18.6 Å². The minimum Gasteiger partial charge on any atom is -0.361 e. The fourth-order valence-electron chi connectivity index (χ4n) is 6.60. The molecule has 3 aromatic heterocycles. The summed E-state index contributed by atoms with van der Waals surface area (Å²) < 4.78 is 4.51. The Kier molecular flexibility index (Phi) is 5.77. The minimum atomic E-state index is -2.44. The van der Waals surface area contributed by atoms with Crippen LogP contribution in [0.15, 0.2) is 128 Å². The number of benzene rings is 4. The van der Waals surface area contributed by atoms with Crippen LogP contribution in [0, 0.1) is 6.92 Å². The molecule has 1 atom stereocenters. The number of pyridine rings is 1. The molecule has 0 amide bonds. The van der Waals surface area contributed by atoms with E-state index in [4.69, 9.17) is 9.97 Å². The van der Waals surface area contributed by atoms with Crippen molar-refractivity contribution in [3.8, 4) is 5.82 Å². The van der Waals surface area contributed by atoms with Gasteiger partial charge >= 0.3 is 0 Å². The Balaban J connectivity index is 1.40. The first-order valence-corrected chi connectivity index (χ1v) is 17.2. The van der Waals surface area contributed by atoms with Gasteiger partial charge in [0.2, 0.25) is 5.78 Å². The Bertz CT molecular complexity index is 2170. The molecule has 4 heterocycles. The number of para-hydroxylation sites is 1. The predicted molar refractivity (Wildman–Crippen MR) is 180 cm³/mol. The number of hydrogen-bond donors (Lipinski definition) is 0. The van der Waals surface area contributed by atoms with Crippen molar-refractivity contribution in [3.05, 3.63) is 133 Å². The number of aryl methyl sites for hydroxylation is 1. The topological polar surface area (TPSA) is 41.6 Å². The molecule has 1 aliphatic rings. The van der Waals surface area contributed by atoms with Crippen molar-refractivity contribution >= 4 is 57.2 Å². The average Bonchev–Trinajstić information content (AvgIpc) is 3.74. The van der Waals surface area contributed by atoms with Crippen LogP contribution in [-0.2, 0) is 0 Å². The minimum absolute atomic E-state index is 0.851. The lowest BCUT2D eigenvalue weighted by atomic mass is 10.2. The highest BCUT2D eigenvalue weighted by atomic mass is 28.3. The molecule has 4 aromatic carbocycles. The molecule has 43 heavy (non-hydrogen) atoms. The van der Waals surface area contributed by atoms with Gasteiger partial charge in [-0.15, -0.1) is 0 Å². The van der Waals surface area contributed by atoms with E-state index in [9.17, 15) is 0 Å². The van der Waals surface area contributed by atoms with Gasteiger partial charge in [0, 0.05) is 31.3 Å². The van der Waals surface area contributed by atoms with Gasteiger partial charge in [-0.3, -0.25) is 8.97 Å². The van der Waals surface area contributed by atoms with E-state index in [0.29, 0.717) is 0 Å². The highest BCUT2D eigenvalue weighted by Gasteiger charge is 2.35. The van der Waals surface area contributed by atoms with Crippen LogP contribution >= 0.6 is 0 Å². The van der Waals surface area contributed by atoms with Crippen LogP contribution in [0.2, 0.25) is 6.55 Å². The van der Waals surface area contributed by atoms with E-state index in [0.717, 1.165) is 40.3 Å². The van der Waals surface area contributed by atoms with Gasteiger partial charge in [-0.25, -0.2) is 9.97 Å². The highest BCUT2D eigenvalue weighted by molar-refractivity contribution is 7.10. The molecular formula is C36H32N6Si. The number of fused-ring (bicyclic) bond motifs is 5. The first-order chi connectivity index (χ1) is 21.0. The molecular weight excluding hydrogens is 545 g/mol. The van der Waals surface area contributed by atoms with E-state index < -0.39 is 8.07 Å². The van der Waals surface area contributed by atoms with Crippen LogP contribution in [0.5, 0.6) is 0 Å². The summed E-state index contributed by atoms with van der Waals surface area (Å²) in [7, 11) is -0.329. The highest BCUT2D eigenvalue weighted by Crippen LogP contribution is 2.30. The summed E-state index contributed by atoms with van der Waals surface area (Å²) in [6.07, 6.45) is 6.14. The van der Waals surface area contributed by atoms with Gasteiger partial charge in [-0.05, 0) is 70.5 Å². The van der Waals surface area contributed by atoms with Gasteiger partial charge in [0.1, 0.15) is 13.9 Å². The SMILES string of the molecule is Cc1cccc2c1nc1n(-c3ccccn3)c3cc([Si](C)(c4ccccc4)c4cccc(N5C=CN(C)C5)c4)ccc3n21. The normalized spacial score (nSPS) is 14.8. The number of imidazole rings is 2. The molecule has 7 heteroatoms. The van der Waals surface area contributed by atoms with E-state index in [-0.39, 0.29) is 0 Å². The second-order valence-electron chi connectivity index (χ2n) is 11.6. The first-order valence-electron chi connectivity index (χ1n) is 14.7. The van der Waals surface area contributed by atoms with Crippen molar-refractivity contribution in [2.45, 2.75) is 13.5 Å². The maximum atomic E-state index is 5.18. The smallest absolute Gasteiger partial charge is 0.221 e. The molecule has 0 saturated carbocycles. The van der Waals surface area contributed by atoms with E-state index >= 15 is 0 Å². The maximum absolute atomic E-state index is 5.18. The number of anilines is 1. The van der Waals surface area contributed by atoms with Crippen LogP contribution in [0.25, 0.3) is 33.7 Å². The summed E-state index contributed by atoms with van der Waals surface area (Å²) in [5.41, 5.74) is 6.75. The van der Waals surface area contributed by atoms with Crippen LogP contribution in [0.3, 0.4) is 0 Å². The van der Waals surface area contributed by atoms with Gasteiger partial charge in [0.05, 0.1) is 28.7 Å². The third-order valence-corrected chi connectivity index (χ3v) is 13.4. The summed E-state index contributed by atoms with van der Waals surface area (Å²) in [5.74, 6) is 1.74. The van der Waals surface area contributed by atoms with Gasteiger partial charge in [0.15, 0.2) is 0 Å². The molecule has 0 saturated heterocycles. The maximum Gasteiger partial charge on any atom is 0.221 e. The number of aromatic nitrogens is 4. The summed E-state index contributed by atoms with van der Waals surface area (Å²) >= 11 is 0. The van der Waals surface area contributed by atoms with Crippen molar-refractivity contribution in [2.24, 2.45) is 0 Å². The molecule has 1 aliphatic heterocycles. The van der Waals surface area contributed by atoms with Gasteiger partial charge in [0.25, 0.3) is 0 Å². The number of hydrogen-bond acceptors (Lipinski definition) is 4. The van der Waals surface area contributed by atoms with Crippen LogP contribution in [-0.4, -0.2) is 45.6 Å². The predicted octanol–water partition coefficient (Wildman–Crippen LogP) is 5.42. The second kappa shape index (κ2) is 9.71. The second-order valence-corrected chi connectivity index (χ2v) is 15.6. The molecule has 1 unspecified atom stereocenters. The summed E-state index contributed by atoms with van der Waals surface area (Å²) in [6, 6.07) is 39.7. The van der Waals surface area contributed by atoms with Gasteiger partial charge < -0.3 is 9.80 Å². The quantitative estimate of drug-likeness (QED) is 0.203. The molecule has 0 N–H and O–H groups in total. The van der Waals surface area contributed by atoms with E-state index in [1.165, 1.54) is 26.8 Å². The monoisotopic (exact) mass is 576 g/mol. The lowest BCUT2D eigenvalue weighted by molar-refractivity contribution is 0.496. The molecule has 0 fully saturated rings. The molecule has 8 rings (SSSR count). The van der Waals surface area contributed by atoms with Gasteiger partial charge in [-0.1, -0.05) is 73.3 Å². The van der Waals surface area contributed by atoms with Crippen molar-refractivity contribution in [1.29, 1.82) is 0 Å². The van der Waals surface area contributed by atoms with E-state index in [1.54, 1.807) is 0 Å². The molecule has 0 bridgehead atoms. The Morgan fingerprint density at radius 1 is 0.698 bits per heavy atom. The zero-order valence-corrected chi connectivity index (χ0v) is 25.5. The molecule has 6 nitrogen and oxygen atoms in total. The Hall–Kier alpha value is -5.14. The fraction of sp³-hybridized carbons (Fsp3) is 0.111. The number of nitrogens with zero attached hydrogens (tertiary/aromatic N) is 6. The third-order valence-electron chi connectivity index (χ3n) is 8.96. The fourth-order valence-corrected chi connectivity index (χ4v) is 10.2. The van der Waals surface area contributed by atoms with Crippen molar-refractivity contribution in [1.82, 2.24) is 23.8 Å². The van der Waals surface area contributed by atoms with Gasteiger partial charge in [-0.2, -0.15) is 0 Å². The van der Waals surface area contributed by atoms with Crippen LogP contribution < -0.4 is 20.5 Å². The van der Waals surface area contributed by atoms with Crippen LogP contribution in [0.1, 0.15) is 5.56 Å². The summed E-state index contributed by atoms with van der Waals surface area (Å²) in [5, 5.41) is 4.10. The lowest BCUT2D eigenvalue weighted by Crippen LogP contribution is -2.64. The van der Waals surface area contributed by atoms with E-state index in [2.05, 4.69) is 149 Å². The van der Waals surface area contributed by atoms with Crippen LogP contribution in [0.4, 0.5) is 5.69 Å². The first kappa shape index (κ1) is 25.6. The van der Waals surface area contributed by atoms with Crippen molar-refractivity contribution < 1.29 is 0 Å².